The molecular formula is C28H36ClN3O7. The number of rotatable bonds is 6. The van der Waals surface area contributed by atoms with Crippen LogP contribution in [0.5, 0.6) is 11.5 Å². The van der Waals surface area contributed by atoms with Crippen molar-refractivity contribution in [3.63, 3.8) is 0 Å². The second-order valence-corrected chi connectivity index (χ2v) is 9.92. The number of hydrogen-bond acceptors (Lipinski definition) is 8. The molecule has 1 fully saturated rings. The number of halogens is 1. The van der Waals surface area contributed by atoms with Gasteiger partial charge in [0.05, 0.1) is 10.7 Å². The lowest BCUT2D eigenvalue weighted by Gasteiger charge is -2.26. The Labute approximate surface area is 233 Å². The van der Waals surface area contributed by atoms with Gasteiger partial charge in [0.15, 0.2) is 6.61 Å². The largest absolute Gasteiger partial charge is 0.507 e. The molecule has 2 aliphatic heterocycles. The Morgan fingerprint density at radius 3 is 2.64 bits per heavy atom. The van der Waals surface area contributed by atoms with Crippen LogP contribution in [-0.2, 0) is 25.6 Å². The summed E-state index contributed by atoms with van der Waals surface area (Å²) in [6.45, 7) is 2.87. The molecule has 3 rings (SSSR count). The van der Waals surface area contributed by atoms with Crippen LogP contribution in [0.25, 0.3) is 0 Å². The highest BCUT2D eigenvalue weighted by atomic mass is 35.5. The number of phenols is 2. The molecule has 1 aromatic carbocycles. The van der Waals surface area contributed by atoms with Crippen molar-refractivity contribution < 1.29 is 34.2 Å². The third-order valence-electron chi connectivity index (χ3n) is 6.45. The van der Waals surface area contributed by atoms with Gasteiger partial charge >= 0.3 is 5.97 Å². The highest BCUT2D eigenvalue weighted by molar-refractivity contribution is 6.33. The molecule has 10 nitrogen and oxygen atoms in total. The number of carbonyl (C=O) groups is 3. The number of likely N-dealkylation sites (tertiary alicyclic amines) is 1. The molecule has 11 heteroatoms. The minimum Gasteiger partial charge on any atom is -0.507 e. The molecule has 0 saturated carbocycles. The number of esters is 1. The van der Waals surface area contributed by atoms with E-state index in [9.17, 15) is 24.6 Å². The number of ether oxygens (including phenoxy) is 1. The Hall–Kier alpha value is -3.53. The molecule has 2 amide bonds. The molecule has 0 spiro atoms. The standard InChI is InChI=1S/C28H36ClN3O7/c1-19(33)30-13-12-21-11-7-4-2-3-6-10-20(31-38-18-25(36)32-14-8-5-9-15-32)16-22-26(28(37)39-21)23(34)17-24(35)27(22)29/h4,6-7,10,17,21,34-35H,2-3,5,8-9,11-16,18H2,1H3,(H,30,33)/b7-4+,10-6+,31-20+. The summed E-state index contributed by atoms with van der Waals surface area (Å²) < 4.78 is 5.71. The van der Waals surface area contributed by atoms with Crippen LogP contribution in [0, 0.1) is 0 Å². The fourth-order valence-corrected chi connectivity index (χ4v) is 4.62. The van der Waals surface area contributed by atoms with Crippen molar-refractivity contribution in [3.05, 3.63) is 46.5 Å². The van der Waals surface area contributed by atoms with E-state index in [1.165, 1.54) is 6.92 Å². The number of oxime groups is 1. The van der Waals surface area contributed by atoms with E-state index in [4.69, 9.17) is 21.2 Å². The van der Waals surface area contributed by atoms with E-state index in [-0.39, 0.29) is 41.0 Å². The van der Waals surface area contributed by atoms with Crippen molar-refractivity contribution in [2.75, 3.05) is 26.2 Å². The summed E-state index contributed by atoms with van der Waals surface area (Å²) in [4.78, 5) is 44.2. The third-order valence-corrected chi connectivity index (χ3v) is 6.87. The second-order valence-electron chi connectivity index (χ2n) is 9.54. The average Bonchev–Trinajstić information content (AvgIpc) is 2.90. The van der Waals surface area contributed by atoms with Crippen LogP contribution in [0.2, 0.25) is 5.02 Å². The lowest BCUT2D eigenvalue weighted by atomic mass is 9.99. The fourth-order valence-electron chi connectivity index (χ4n) is 4.41. The molecule has 1 aromatic rings. The number of fused-ring (bicyclic) bond motifs is 1. The quantitative estimate of drug-likeness (QED) is 0.271. The fraction of sp³-hybridized carbons (Fsp3) is 0.500. The maximum atomic E-state index is 13.3. The molecule has 1 saturated heterocycles. The van der Waals surface area contributed by atoms with Gasteiger partial charge in [-0.25, -0.2) is 4.79 Å². The summed E-state index contributed by atoms with van der Waals surface area (Å²) in [5, 5.41) is 27.6. The minimum absolute atomic E-state index is 0.0774. The number of phenolic OH excluding ortho intramolecular Hbond substituents is 2. The van der Waals surface area contributed by atoms with Gasteiger partial charge in [0, 0.05) is 51.9 Å². The Balaban J connectivity index is 1.87. The van der Waals surface area contributed by atoms with E-state index in [1.54, 1.807) is 11.0 Å². The summed E-state index contributed by atoms with van der Waals surface area (Å²) in [6, 6.07) is 0.984. The number of aromatic hydroxyl groups is 2. The number of nitrogens with zero attached hydrogens (tertiary/aromatic N) is 2. The number of piperidine rings is 1. The second kappa shape index (κ2) is 15.2. The zero-order valence-electron chi connectivity index (χ0n) is 22.2. The Morgan fingerprint density at radius 2 is 1.90 bits per heavy atom. The van der Waals surface area contributed by atoms with Crippen LogP contribution in [-0.4, -0.2) is 71.0 Å². The number of amides is 2. The first kappa shape index (κ1) is 30.0. The monoisotopic (exact) mass is 561 g/mol. The summed E-state index contributed by atoms with van der Waals surface area (Å²) in [7, 11) is 0. The predicted octanol–water partition coefficient (Wildman–Crippen LogP) is 4.03. The van der Waals surface area contributed by atoms with Crippen molar-refractivity contribution in [1.29, 1.82) is 0 Å². The van der Waals surface area contributed by atoms with E-state index >= 15 is 0 Å². The van der Waals surface area contributed by atoms with E-state index in [2.05, 4.69) is 10.5 Å². The van der Waals surface area contributed by atoms with Gasteiger partial charge in [-0.05, 0) is 43.7 Å². The number of nitrogens with one attached hydrogen (secondary N) is 1. The van der Waals surface area contributed by atoms with Crippen LogP contribution in [0.4, 0.5) is 0 Å². The maximum Gasteiger partial charge on any atom is 0.342 e. The number of carbonyl (C=O) groups excluding carboxylic acids is 3. The Kier molecular flexibility index (Phi) is 11.7. The van der Waals surface area contributed by atoms with Crippen LogP contribution >= 0.6 is 11.6 Å². The van der Waals surface area contributed by atoms with Gasteiger partial charge in [-0.15, -0.1) is 0 Å². The Bertz CT molecular complexity index is 1130. The number of cyclic esters (lactones) is 1. The van der Waals surface area contributed by atoms with Crippen LogP contribution in [0.3, 0.4) is 0 Å². The number of allylic oxidation sites excluding steroid dienone is 3. The van der Waals surface area contributed by atoms with E-state index in [0.29, 0.717) is 44.6 Å². The van der Waals surface area contributed by atoms with Gasteiger partial charge in [-0.2, -0.15) is 0 Å². The lowest BCUT2D eigenvalue weighted by molar-refractivity contribution is -0.137. The molecule has 39 heavy (non-hydrogen) atoms. The van der Waals surface area contributed by atoms with Crippen molar-refractivity contribution in [2.24, 2.45) is 5.16 Å². The summed E-state index contributed by atoms with van der Waals surface area (Å²) >= 11 is 6.40. The molecule has 0 bridgehead atoms. The van der Waals surface area contributed by atoms with Crippen molar-refractivity contribution >= 4 is 35.1 Å². The topological polar surface area (TPSA) is 138 Å². The van der Waals surface area contributed by atoms with Crippen LogP contribution in [0.1, 0.15) is 67.8 Å². The first-order valence-corrected chi connectivity index (χ1v) is 13.6. The van der Waals surface area contributed by atoms with Gasteiger partial charge < -0.3 is 30.0 Å². The lowest BCUT2D eigenvalue weighted by Crippen LogP contribution is -2.37. The molecular weight excluding hydrogens is 526 g/mol. The van der Waals surface area contributed by atoms with Crippen LogP contribution in [0.15, 0.2) is 35.5 Å². The highest BCUT2D eigenvalue weighted by Gasteiger charge is 2.26. The highest BCUT2D eigenvalue weighted by Crippen LogP contribution is 2.37. The molecule has 3 N–H and O–H groups in total. The first-order valence-electron chi connectivity index (χ1n) is 13.2. The molecule has 0 aliphatic carbocycles. The average molecular weight is 562 g/mol. The minimum atomic E-state index is -0.827. The predicted molar refractivity (Wildman–Crippen MR) is 147 cm³/mol. The summed E-state index contributed by atoms with van der Waals surface area (Å²) in [5.41, 5.74) is 0.251. The van der Waals surface area contributed by atoms with Gasteiger partial charge in [0.1, 0.15) is 23.2 Å². The summed E-state index contributed by atoms with van der Waals surface area (Å²) in [5.74, 6) is -2.08. The maximum absolute atomic E-state index is 13.3. The van der Waals surface area contributed by atoms with Crippen molar-refractivity contribution in [1.82, 2.24) is 10.2 Å². The van der Waals surface area contributed by atoms with Crippen molar-refractivity contribution in [2.45, 2.75) is 64.4 Å². The van der Waals surface area contributed by atoms with Gasteiger partial charge in [-0.1, -0.05) is 35.0 Å². The van der Waals surface area contributed by atoms with Gasteiger partial charge in [-0.3, -0.25) is 9.59 Å². The normalized spacial score (nSPS) is 21.3. The van der Waals surface area contributed by atoms with E-state index in [1.807, 2.05) is 18.2 Å². The number of benzene rings is 1. The van der Waals surface area contributed by atoms with E-state index in [0.717, 1.165) is 31.7 Å². The zero-order chi connectivity index (χ0) is 28.2. The molecule has 2 heterocycles. The molecule has 0 radical (unpaired) electrons. The van der Waals surface area contributed by atoms with Gasteiger partial charge in [0.25, 0.3) is 5.91 Å². The van der Waals surface area contributed by atoms with Crippen molar-refractivity contribution in [3.8, 4) is 11.5 Å². The van der Waals surface area contributed by atoms with Crippen LogP contribution < -0.4 is 5.32 Å². The molecule has 1 atom stereocenters. The molecule has 212 valence electrons. The van der Waals surface area contributed by atoms with Gasteiger partial charge in [0.2, 0.25) is 5.91 Å². The molecule has 0 aromatic heterocycles. The molecule has 1 unspecified atom stereocenters. The third kappa shape index (κ3) is 9.31. The smallest absolute Gasteiger partial charge is 0.342 e. The SMILES string of the molecule is CC(=O)NCCC1C/C=C/CC/C=C/C(=N\OCC(=O)N2CCCCC2)Cc2c(Cl)c(O)cc(O)c2C(=O)O1. The molecule has 2 aliphatic rings. The Morgan fingerprint density at radius 1 is 1.15 bits per heavy atom. The zero-order valence-corrected chi connectivity index (χ0v) is 22.9. The van der Waals surface area contributed by atoms with E-state index < -0.39 is 23.6 Å². The summed E-state index contributed by atoms with van der Waals surface area (Å²) in [6.07, 6.45) is 12.0. The first-order chi connectivity index (χ1) is 18.8. The number of hydrogen-bond donors (Lipinski definition) is 3.